The predicted molar refractivity (Wildman–Crippen MR) is 109 cm³/mol. The minimum absolute atomic E-state index is 0.0665. The highest BCUT2D eigenvalue weighted by Gasteiger charge is 2.12. The Hall–Kier alpha value is -4.51. The van der Waals surface area contributed by atoms with Gasteiger partial charge in [-0.1, -0.05) is 24.3 Å². The van der Waals surface area contributed by atoms with Crippen LogP contribution in [0.5, 0.6) is 11.5 Å². The zero-order chi connectivity index (χ0) is 20.9. The largest absolute Gasteiger partial charge is 0.457 e. The summed E-state index contributed by atoms with van der Waals surface area (Å²) < 4.78 is 20.2. The maximum atomic E-state index is 14.6. The van der Waals surface area contributed by atoms with E-state index < -0.39 is 5.82 Å². The third-order valence-electron chi connectivity index (χ3n) is 4.23. The summed E-state index contributed by atoms with van der Waals surface area (Å²) in [5.41, 5.74) is 2.96. The van der Waals surface area contributed by atoms with E-state index in [2.05, 4.69) is 15.4 Å². The normalized spacial score (nSPS) is 10.3. The lowest BCUT2D eigenvalue weighted by atomic mass is 10.2. The Balaban J connectivity index is 1.54. The predicted octanol–water partition coefficient (Wildman–Crippen LogP) is 4.42. The number of halogens is 1. The van der Waals surface area contributed by atoms with E-state index in [1.165, 1.54) is 30.5 Å². The van der Waals surface area contributed by atoms with Crippen molar-refractivity contribution in [1.29, 1.82) is 5.26 Å². The molecule has 2 aromatic heterocycles. The molecule has 0 bridgehead atoms. The van der Waals surface area contributed by atoms with Crippen molar-refractivity contribution in [3.05, 3.63) is 84.6 Å². The molecule has 0 saturated carbocycles. The molecule has 0 atom stereocenters. The fourth-order valence-corrected chi connectivity index (χ4v) is 2.79. The minimum Gasteiger partial charge on any atom is -0.457 e. The molecule has 0 aliphatic rings. The summed E-state index contributed by atoms with van der Waals surface area (Å²) in [7, 11) is 0. The molecule has 8 heteroatoms. The van der Waals surface area contributed by atoms with Gasteiger partial charge in [0.05, 0.1) is 5.69 Å². The molecule has 7 nitrogen and oxygen atoms in total. The molecule has 0 unspecified atom stereocenters. The average molecular weight is 399 g/mol. The van der Waals surface area contributed by atoms with E-state index in [1.54, 1.807) is 18.3 Å². The highest BCUT2D eigenvalue weighted by Crippen LogP contribution is 2.27. The van der Waals surface area contributed by atoms with Crippen LogP contribution in [0.1, 0.15) is 5.69 Å². The summed E-state index contributed by atoms with van der Waals surface area (Å²) in [4.78, 5) is 19.7. The first-order valence-electron chi connectivity index (χ1n) is 8.86. The van der Waals surface area contributed by atoms with Gasteiger partial charge in [-0.2, -0.15) is 5.26 Å². The maximum absolute atomic E-state index is 14.6. The number of nitrogens with one attached hydrogen (secondary N) is 1. The van der Waals surface area contributed by atoms with Crippen molar-refractivity contribution in [3.63, 3.8) is 0 Å². The first-order valence-corrected chi connectivity index (χ1v) is 8.86. The summed E-state index contributed by atoms with van der Waals surface area (Å²) in [6.45, 7) is 0. The second-order valence-electron chi connectivity index (χ2n) is 6.21. The second-order valence-corrected chi connectivity index (χ2v) is 6.21. The molecular weight excluding hydrogens is 385 g/mol. The van der Waals surface area contributed by atoms with Gasteiger partial charge in [0.25, 0.3) is 0 Å². The van der Waals surface area contributed by atoms with Gasteiger partial charge in [0.1, 0.15) is 23.3 Å². The molecule has 0 radical (unpaired) electrons. The number of pyridine rings is 2. The molecule has 4 aromatic rings. The van der Waals surface area contributed by atoms with Crippen molar-refractivity contribution in [2.45, 2.75) is 0 Å². The number of benzene rings is 2. The van der Waals surface area contributed by atoms with E-state index >= 15 is 0 Å². The molecule has 30 heavy (non-hydrogen) atoms. The first kappa shape index (κ1) is 18.8. The summed E-state index contributed by atoms with van der Waals surface area (Å²) in [6, 6.07) is 18.4. The molecule has 0 aliphatic carbocycles. The van der Waals surface area contributed by atoms with E-state index in [4.69, 9.17) is 10.00 Å². The van der Waals surface area contributed by atoms with E-state index in [0.29, 0.717) is 18.0 Å². The Morgan fingerprint density at radius 2 is 1.83 bits per heavy atom. The van der Waals surface area contributed by atoms with Gasteiger partial charge in [-0.05, 0) is 29.7 Å². The van der Waals surface area contributed by atoms with Crippen LogP contribution in [-0.4, -0.2) is 16.4 Å². The van der Waals surface area contributed by atoms with E-state index in [0.717, 1.165) is 15.8 Å². The van der Waals surface area contributed by atoms with Gasteiger partial charge in [-0.25, -0.2) is 19.4 Å². The van der Waals surface area contributed by atoms with E-state index in [-0.39, 0.29) is 17.1 Å². The number of nitrogens with zero attached hydrogens (tertiary/aromatic N) is 4. The van der Waals surface area contributed by atoms with Crippen LogP contribution in [0.3, 0.4) is 0 Å². The van der Waals surface area contributed by atoms with E-state index in [1.807, 2.05) is 30.3 Å². The number of fused-ring (bicyclic) bond motifs is 1. The van der Waals surface area contributed by atoms with Crippen LogP contribution >= 0.6 is 0 Å². The summed E-state index contributed by atoms with van der Waals surface area (Å²) in [6.07, 6.45) is 3.58. The number of hydrazine groups is 1. The van der Waals surface area contributed by atoms with Gasteiger partial charge in [0, 0.05) is 29.9 Å². The first-order chi connectivity index (χ1) is 14.7. The van der Waals surface area contributed by atoms with Gasteiger partial charge in [0.2, 0.25) is 6.41 Å². The number of carbonyl (C=O) groups excluding carboxylic acids is 1. The number of hydrogen-bond acceptors (Lipinski definition) is 6. The topological polar surface area (TPSA) is 91.1 Å². The lowest BCUT2D eigenvalue weighted by Crippen LogP contribution is -2.29. The molecular formula is C22H14FN5O2. The maximum Gasteiger partial charge on any atom is 0.234 e. The van der Waals surface area contributed by atoms with Crippen LogP contribution in [0.4, 0.5) is 15.9 Å². The van der Waals surface area contributed by atoms with Crippen LogP contribution in [0.15, 0.2) is 73.1 Å². The van der Waals surface area contributed by atoms with Crippen LogP contribution < -0.4 is 15.2 Å². The third kappa shape index (κ3) is 4.00. The lowest BCUT2D eigenvalue weighted by molar-refractivity contribution is -0.107. The molecule has 2 heterocycles. The highest BCUT2D eigenvalue weighted by molar-refractivity contribution is 5.87. The standard InChI is InChI=1S/C22H14FN5O2/c23-20-11-18(30-19-7-8-25-17(10-19)12-24)5-6-21(20)27-28(14-29)22-9-15-3-1-2-4-16(15)13-26-22/h1-11,13-14,27H. The zero-order valence-corrected chi connectivity index (χ0v) is 15.5. The SMILES string of the molecule is N#Cc1cc(Oc2ccc(NN(C=O)c3cc4ccccc4cn3)c(F)c2)ccn1. The second kappa shape index (κ2) is 8.24. The van der Waals surface area contributed by atoms with Crippen LogP contribution in [0.2, 0.25) is 0 Å². The van der Waals surface area contributed by atoms with Crippen molar-refractivity contribution in [1.82, 2.24) is 9.97 Å². The summed E-state index contributed by atoms with van der Waals surface area (Å²) in [5, 5.41) is 11.8. The molecule has 0 saturated heterocycles. The van der Waals surface area contributed by atoms with Gasteiger partial charge in [-0.3, -0.25) is 10.2 Å². The zero-order valence-electron chi connectivity index (χ0n) is 15.5. The molecule has 0 aliphatic heterocycles. The van der Waals surface area contributed by atoms with E-state index in [9.17, 15) is 9.18 Å². The van der Waals surface area contributed by atoms with Crippen molar-refractivity contribution in [2.75, 3.05) is 10.4 Å². The number of aromatic nitrogens is 2. The van der Waals surface area contributed by atoms with Crippen LogP contribution in [0, 0.1) is 17.1 Å². The molecule has 146 valence electrons. The summed E-state index contributed by atoms with van der Waals surface area (Å²) >= 11 is 0. The molecule has 2 aromatic carbocycles. The van der Waals surface area contributed by atoms with Gasteiger partial charge < -0.3 is 4.74 Å². The molecule has 0 fully saturated rings. The number of ether oxygens (including phenoxy) is 1. The third-order valence-corrected chi connectivity index (χ3v) is 4.23. The Labute approximate surface area is 171 Å². The summed E-state index contributed by atoms with van der Waals surface area (Å²) in [5.74, 6) is 0.283. The molecule has 0 spiro atoms. The number of amides is 1. The van der Waals surface area contributed by atoms with Crippen molar-refractivity contribution >= 4 is 28.7 Å². The van der Waals surface area contributed by atoms with Gasteiger partial charge in [0.15, 0.2) is 11.6 Å². The van der Waals surface area contributed by atoms with Gasteiger partial charge >= 0.3 is 0 Å². The molecule has 1 amide bonds. The number of anilines is 2. The number of nitriles is 1. The van der Waals surface area contributed by atoms with Crippen LogP contribution in [0.25, 0.3) is 10.8 Å². The van der Waals surface area contributed by atoms with Crippen molar-refractivity contribution in [2.24, 2.45) is 0 Å². The van der Waals surface area contributed by atoms with Crippen molar-refractivity contribution < 1.29 is 13.9 Å². The highest BCUT2D eigenvalue weighted by atomic mass is 19.1. The number of rotatable bonds is 6. The molecule has 4 rings (SSSR count). The van der Waals surface area contributed by atoms with Crippen LogP contribution in [-0.2, 0) is 4.79 Å². The average Bonchev–Trinajstić information content (AvgIpc) is 2.78. The Kier molecular flexibility index (Phi) is 5.17. The fourth-order valence-electron chi connectivity index (χ4n) is 2.79. The Morgan fingerprint density at radius 1 is 1.03 bits per heavy atom. The van der Waals surface area contributed by atoms with Crippen molar-refractivity contribution in [3.8, 4) is 17.6 Å². The monoisotopic (exact) mass is 399 g/mol. The lowest BCUT2D eigenvalue weighted by Gasteiger charge is -2.19. The van der Waals surface area contributed by atoms with Gasteiger partial charge in [-0.15, -0.1) is 0 Å². The Bertz CT molecular complexity index is 1270. The fraction of sp³-hybridized carbons (Fsp3) is 0. The quantitative estimate of drug-likeness (QED) is 0.381. The minimum atomic E-state index is -0.630. The number of hydrogen-bond donors (Lipinski definition) is 1. The number of carbonyl (C=O) groups is 1. The smallest absolute Gasteiger partial charge is 0.234 e. The molecule has 1 N–H and O–H groups in total. The Morgan fingerprint density at radius 3 is 2.60 bits per heavy atom.